The fourth-order valence-corrected chi connectivity index (χ4v) is 4.32. The molecule has 0 saturated heterocycles. The summed E-state index contributed by atoms with van der Waals surface area (Å²) in [5, 5.41) is 0. The second-order valence-electron chi connectivity index (χ2n) is 8.13. The maximum absolute atomic E-state index is 13.6. The molecule has 3 aromatic carbocycles. The molecule has 1 aliphatic heterocycles. The molecule has 4 rings (SSSR count). The first kappa shape index (κ1) is 20.6. The average molecular weight is 406 g/mol. The van der Waals surface area contributed by atoms with Gasteiger partial charge in [-0.1, -0.05) is 36.4 Å². The Bertz CT molecular complexity index is 1020. The van der Waals surface area contributed by atoms with E-state index in [1.807, 2.05) is 30.3 Å². The highest BCUT2D eigenvalue weighted by Gasteiger charge is 2.41. The molecule has 0 spiro atoms. The van der Waals surface area contributed by atoms with E-state index in [1.165, 1.54) is 23.3 Å². The number of halogens is 1. The predicted molar refractivity (Wildman–Crippen MR) is 118 cm³/mol. The number of hydrogen-bond donors (Lipinski definition) is 0. The molecule has 30 heavy (non-hydrogen) atoms. The van der Waals surface area contributed by atoms with Crippen molar-refractivity contribution in [2.45, 2.75) is 25.0 Å². The van der Waals surface area contributed by atoms with Gasteiger partial charge in [-0.05, 0) is 91.6 Å². The molecule has 0 saturated carbocycles. The van der Waals surface area contributed by atoms with Crippen molar-refractivity contribution in [3.8, 4) is 16.9 Å². The minimum Gasteiger partial charge on any atom is -0.497 e. The van der Waals surface area contributed by atoms with Crippen LogP contribution in [0.5, 0.6) is 5.75 Å². The van der Waals surface area contributed by atoms with E-state index in [0.717, 1.165) is 41.8 Å². The highest BCUT2D eigenvalue weighted by Crippen LogP contribution is 2.46. The summed E-state index contributed by atoms with van der Waals surface area (Å²) in [4.78, 5) is 2.18. The van der Waals surface area contributed by atoms with Gasteiger partial charge in [0, 0.05) is 0 Å². The molecule has 1 heterocycles. The van der Waals surface area contributed by atoms with Crippen LogP contribution >= 0.6 is 0 Å². The molecule has 156 valence electrons. The molecule has 0 radical (unpaired) electrons. The van der Waals surface area contributed by atoms with Crippen molar-refractivity contribution < 1.29 is 13.9 Å². The smallest absolute Gasteiger partial charge is 0.123 e. The Morgan fingerprint density at radius 2 is 1.77 bits per heavy atom. The minimum absolute atomic E-state index is 0.228. The molecule has 0 N–H and O–H groups in total. The number of benzene rings is 3. The molecule has 0 amide bonds. The molecule has 1 aliphatic rings. The third-order valence-electron chi connectivity index (χ3n) is 5.86. The van der Waals surface area contributed by atoms with Gasteiger partial charge in [-0.3, -0.25) is 0 Å². The van der Waals surface area contributed by atoms with Crippen LogP contribution in [0.1, 0.15) is 29.5 Å². The molecule has 0 aliphatic carbocycles. The van der Waals surface area contributed by atoms with Gasteiger partial charge in [0.05, 0.1) is 13.7 Å². The van der Waals surface area contributed by atoms with Crippen LogP contribution in [0, 0.1) is 5.82 Å². The Kier molecular flexibility index (Phi) is 5.89. The van der Waals surface area contributed by atoms with E-state index in [-0.39, 0.29) is 5.82 Å². The van der Waals surface area contributed by atoms with Gasteiger partial charge in [-0.2, -0.15) is 0 Å². The number of nitrogens with zero attached hydrogens (tertiary/aromatic N) is 1. The summed E-state index contributed by atoms with van der Waals surface area (Å²) in [7, 11) is 5.84. The highest BCUT2D eigenvalue weighted by atomic mass is 19.1. The second kappa shape index (κ2) is 8.58. The first-order chi connectivity index (χ1) is 14.5. The molecule has 1 atom stereocenters. The molecule has 0 fully saturated rings. The van der Waals surface area contributed by atoms with Gasteiger partial charge in [0.15, 0.2) is 0 Å². The standard InChI is InChI=1S/C26H28FNO2/c1-28(2)15-5-14-26(22-9-11-23(27)12-10-22)25-13-8-20(16-21(25)18-30-26)19-6-4-7-24(17-19)29-3/h4,6-13,16-17H,5,14-15,18H2,1-3H3. The van der Waals surface area contributed by atoms with E-state index >= 15 is 0 Å². The number of methoxy groups -OCH3 is 1. The summed E-state index contributed by atoms with van der Waals surface area (Å²) in [5.41, 5.74) is 5.09. The monoisotopic (exact) mass is 405 g/mol. The molecule has 3 nitrogen and oxygen atoms in total. The lowest BCUT2D eigenvalue weighted by Crippen LogP contribution is -2.28. The zero-order valence-corrected chi connectivity index (χ0v) is 17.8. The first-order valence-corrected chi connectivity index (χ1v) is 10.3. The van der Waals surface area contributed by atoms with Crippen molar-refractivity contribution in [3.05, 3.63) is 89.2 Å². The molecular weight excluding hydrogens is 377 g/mol. The summed E-state index contributed by atoms with van der Waals surface area (Å²) in [6.45, 7) is 1.52. The highest BCUT2D eigenvalue weighted by molar-refractivity contribution is 5.67. The number of hydrogen-bond acceptors (Lipinski definition) is 3. The lowest BCUT2D eigenvalue weighted by Gasteiger charge is -2.31. The lowest BCUT2D eigenvalue weighted by molar-refractivity contribution is -0.0140. The topological polar surface area (TPSA) is 21.7 Å². The zero-order chi connectivity index (χ0) is 21.1. The molecule has 0 bridgehead atoms. The summed E-state index contributed by atoms with van der Waals surface area (Å²) in [5.74, 6) is 0.613. The van der Waals surface area contributed by atoms with E-state index in [2.05, 4.69) is 43.3 Å². The Labute approximate surface area is 178 Å². The Hall–Kier alpha value is -2.69. The van der Waals surface area contributed by atoms with Gasteiger partial charge in [0.1, 0.15) is 17.2 Å². The van der Waals surface area contributed by atoms with E-state index < -0.39 is 5.60 Å². The van der Waals surface area contributed by atoms with E-state index in [9.17, 15) is 4.39 Å². The molecule has 1 unspecified atom stereocenters. The van der Waals surface area contributed by atoms with Crippen LogP contribution < -0.4 is 4.74 Å². The lowest BCUT2D eigenvalue weighted by atomic mass is 9.81. The first-order valence-electron chi connectivity index (χ1n) is 10.3. The van der Waals surface area contributed by atoms with Crippen LogP contribution in [0.25, 0.3) is 11.1 Å². The Balaban J connectivity index is 1.73. The van der Waals surface area contributed by atoms with Crippen molar-refractivity contribution in [2.75, 3.05) is 27.7 Å². The van der Waals surface area contributed by atoms with Crippen molar-refractivity contribution in [3.63, 3.8) is 0 Å². The van der Waals surface area contributed by atoms with E-state index in [0.29, 0.717) is 6.61 Å². The van der Waals surface area contributed by atoms with Gasteiger partial charge in [-0.25, -0.2) is 4.39 Å². The van der Waals surface area contributed by atoms with Gasteiger partial charge in [0.2, 0.25) is 0 Å². The van der Waals surface area contributed by atoms with Crippen molar-refractivity contribution >= 4 is 0 Å². The summed E-state index contributed by atoms with van der Waals surface area (Å²) in [6.07, 6.45) is 1.84. The molecule has 3 aromatic rings. The maximum atomic E-state index is 13.6. The fraction of sp³-hybridized carbons (Fsp3) is 0.308. The van der Waals surface area contributed by atoms with Crippen LogP contribution in [-0.2, 0) is 16.9 Å². The van der Waals surface area contributed by atoms with Crippen LogP contribution in [0.15, 0.2) is 66.7 Å². The quantitative estimate of drug-likeness (QED) is 0.509. The van der Waals surface area contributed by atoms with Crippen molar-refractivity contribution in [2.24, 2.45) is 0 Å². The predicted octanol–water partition coefficient (Wildman–Crippen LogP) is 5.62. The summed E-state index contributed by atoms with van der Waals surface area (Å²) >= 11 is 0. The third kappa shape index (κ3) is 3.98. The number of ether oxygens (including phenoxy) is 2. The molecular formula is C26H28FNO2. The van der Waals surface area contributed by atoms with Crippen LogP contribution in [0.4, 0.5) is 4.39 Å². The van der Waals surface area contributed by atoms with Crippen molar-refractivity contribution in [1.82, 2.24) is 4.90 Å². The second-order valence-corrected chi connectivity index (χ2v) is 8.13. The number of rotatable bonds is 7. The Morgan fingerprint density at radius 1 is 1.00 bits per heavy atom. The summed E-state index contributed by atoms with van der Waals surface area (Å²) < 4.78 is 25.5. The largest absolute Gasteiger partial charge is 0.497 e. The van der Waals surface area contributed by atoms with Gasteiger partial charge >= 0.3 is 0 Å². The molecule has 4 heteroatoms. The van der Waals surface area contributed by atoms with E-state index in [1.54, 1.807) is 7.11 Å². The minimum atomic E-state index is -0.536. The van der Waals surface area contributed by atoms with Crippen LogP contribution in [-0.4, -0.2) is 32.6 Å². The number of fused-ring (bicyclic) bond motifs is 1. The zero-order valence-electron chi connectivity index (χ0n) is 17.8. The van der Waals surface area contributed by atoms with Gasteiger partial charge < -0.3 is 14.4 Å². The Morgan fingerprint density at radius 3 is 2.50 bits per heavy atom. The summed E-state index contributed by atoms with van der Waals surface area (Å²) in [6, 6.07) is 21.4. The normalized spacial score (nSPS) is 17.9. The van der Waals surface area contributed by atoms with Crippen LogP contribution in [0.3, 0.4) is 0 Å². The fourth-order valence-electron chi connectivity index (χ4n) is 4.32. The van der Waals surface area contributed by atoms with Crippen LogP contribution in [0.2, 0.25) is 0 Å². The van der Waals surface area contributed by atoms with Gasteiger partial charge in [-0.15, -0.1) is 0 Å². The average Bonchev–Trinajstić information content (AvgIpc) is 3.13. The van der Waals surface area contributed by atoms with Crippen molar-refractivity contribution in [1.29, 1.82) is 0 Å². The maximum Gasteiger partial charge on any atom is 0.123 e. The van der Waals surface area contributed by atoms with Gasteiger partial charge in [0.25, 0.3) is 0 Å². The molecule has 0 aromatic heterocycles. The third-order valence-corrected chi connectivity index (χ3v) is 5.86. The van der Waals surface area contributed by atoms with E-state index in [4.69, 9.17) is 9.47 Å². The SMILES string of the molecule is COc1cccc(-c2ccc3c(c2)COC3(CCCN(C)C)c2ccc(F)cc2)c1.